The van der Waals surface area contributed by atoms with E-state index >= 15 is 0 Å². The van der Waals surface area contributed by atoms with E-state index in [-0.39, 0.29) is 6.61 Å². The molecule has 100 valence electrons. The van der Waals surface area contributed by atoms with Gasteiger partial charge in [0.15, 0.2) is 0 Å². The molecule has 0 bridgehead atoms. The standard InChI is InChI=1S/C13H19NO3S/c1-12-6-8-13(9-7-12)18(16,17)14-10-4-2-3-5-11-15/h3,5-9,14-15H,2,4,10-11H2,1H3/b5-3+. The minimum absolute atomic E-state index is 0.0229. The normalized spacial score (nSPS) is 12.1. The molecule has 5 heteroatoms. The molecule has 0 radical (unpaired) electrons. The van der Waals surface area contributed by atoms with Crippen LogP contribution in [0.2, 0.25) is 0 Å². The summed E-state index contributed by atoms with van der Waals surface area (Å²) in [6, 6.07) is 6.75. The Hall–Kier alpha value is -1.17. The Kier molecular flexibility index (Phi) is 6.04. The molecule has 0 heterocycles. The monoisotopic (exact) mass is 269 g/mol. The van der Waals surface area contributed by atoms with Crippen LogP contribution in [0.3, 0.4) is 0 Å². The quantitative estimate of drug-likeness (QED) is 0.583. The maximum atomic E-state index is 11.9. The van der Waals surface area contributed by atoms with Crippen molar-refractivity contribution in [2.75, 3.05) is 13.2 Å². The number of nitrogens with one attached hydrogen (secondary N) is 1. The molecule has 18 heavy (non-hydrogen) atoms. The summed E-state index contributed by atoms with van der Waals surface area (Å²) in [5.41, 5.74) is 1.03. The van der Waals surface area contributed by atoms with Crippen molar-refractivity contribution in [3.05, 3.63) is 42.0 Å². The highest BCUT2D eigenvalue weighted by molar-refractivity contribution is 7.89. The molecule has 1 aromatic rings. The molecule has 1 aromatic carbocycles. The summed E-state index contributed by atoms with van der Waals surface area (Å²) in [7, 11) is -3.39. The minimum Gasteiger partial charge on any atom is -0.392 e. The van der Waals surface area contributed by atoms with Crippen molar-refractivity contribution < 1.29 is 13.5 Å². The fraction of sp³-hybridized carbons (Fsp3) is 0.385. The van der Waals surface area contributed by atoms with E-state index in [0.29, 0.717) is 17.9 Å². The Balaban J connectivity index is 2.45. The van der Waals surface area contributed by atoms with Crippen LogP contribution in [0.4, 0.5) is 0 Å². The number of hydrogen-bond donors (Lipinski definition) is 2. The molecule has 2 N–H and O–H groups in total. The van der Waals surface area contributed by atoms with Gasteiger partial charge in [-0.1, -0.05) is 29.8 Å². The second kappa shape index (κ2) is 7.31. The highest BCUT2D eigenvalue weighted by atomic mass is 32.2. The number of rotatable bonds is 7. The lowest BCUT2D eigenvalue weighted by Gasteiger charge is -2.06. The van der Waals surface area contributed by atoms with Crippen molar-refractivity contribution in [3.63, 3.8) is 0 Å². The van der Waals surface area contributed by atoms with E-state index < -0.39 is 10.0 Å². The Morgan fingerprint density at radius 2 is 1.89 bits per heavy atom. The topological polar surface area (TPSA) is 66.4 Å². The van der Waals surface area contributed by atoms with E-state index in [2.05, 4.69) is 4.72 Å². The summed E-state index contributed by atoms with van der Waals surface area (Å²) >= 11 is 0. The van der Waals surface area contributed by atoms with Gasteiger partial charge in [-0.25, -0.2) is 13.1 Å². The molecule has 0 aliphatic rings. The van der Waals surface area contributed by atoms with Crippen LogP contribution in [-0.2, 0) is 10.0 Å². The lowest BCUT2D eigenvalue weighted by Crippen LogP contribution is -2.24. The summed E-state index contributed by atoms with van der Waals surface area (Å²) in [4.78, 5) is 0.291. The molecule has 0 spiro atoms. The first-order valence-electron chi connectivity index (χ1n) is 5.88. The maximum absolute atomic E-state index is 11.9. The second-order valence-corrected chi connectivity index (χ2v) is 5.77. The SMILES string of the molecule is Cc1ccc(S(=O)(=O)NCCC/C=C/CO)cc1. The fourth-order valence-corrected chi connectivity index (χ4v) is 2.49. The van der Waals surface area contributed by atoms with Crippen molar-refractivity contribution in [2.24, 2.45) is 0 Å². The number of aliphatic hydroxyl groups excluding tert-OH is 1. The summed E-state index contributed by atoms with van der Waals surface area (Å²) < 4.78 is 26.3. The molecule has 0 unspecified atom stereocenters. The third kappa shape index (κ3) is 5.00. The zero-order chi connectivity index (χ0) is 13.4. The molecule has 0 aliphatic carbocycles. The first kappa shape index (κ1) is 14.9. The summed E-state index contributed by atoms with van der Waals surface area (Å²) in [6.07, 6.45) is 4.94. The van der Waals surface area contributed by atoms with E-state index in [0.717, 1.165) is 12.0 Å². The molecule has 0 saturated carbocycles. The van der Waals surface area contributed by atoms with Crippen LogP contribution in [0.1, 0.15) is 18.4 Å². The fourth-order valence-electron chi connectivity index (χ4n) is 1.42. The van der Waals surface area contributed by atoms with E-state index in [1.54, 1.807) is 30.3 Å². The summed E-state index contributed by atoms with van der Waals surface area (Å²) in [5, 5.41) is 8.52. The van der Waals surface area contributed by atoms with Gasteiger partial charge in [-0.2, -0.15) is 0 Å². The van der Waals surface area contributed by atoms with Crippen molar-refractivity contribution in [2.45, 2.75) is 24.7 Å². The molecular formula is C13H19NO3S. The molecule has 0 saturated heterocycles. The van der Waals surface area contributed by atoms with Crippen molar-refractivity contribution in [3.8, 4) is 0 Å². The van der Waals surface area contributed by atoms with Gasteiger partial charge in [0.05, 0.1) is 11.5 Å². The first-order valence-corrected chi connectivity index (χ1v) is 7.37. The van der Waals surface area contributed by atoms with E-state index in [1.807, 2.05) is 13.0 Å². The Morgan fingerprint density at radius 3 is 2.50 bits per heavy atom. The van der Waals surface area contributed by atoms with E-state index in [4.69, 9.17) is 5.11 Å². The van der Waals surface area contributed by atoms with Gasteiger partial charge < -0.3 is 5.11 Å². The summed E-state index contributed by atoms with van der Waals surface area (Å²) in [5.74, 6) is 0. The molecule has 0 atom stereocenters. The average molecular weight is 269 g/mol. The predicted molar refractivity (Wildman–Crippen MR) is 71.8 cm³/mol. The molecule has 0 aliphatic heterocycles. The van der Waals surface area contributed by atoms with E-state index in [1.165, 1.54) is 0 Å². The number of benzene rings is 1. The second-order valence-electron chi connectivity index (χ2n) is 4.01. The molecule has 0 fully saturated rings. The maximum Gasteiger partial charge on any atom is 0.240 e. The minimum atomic E-state index is -3.39. The van der Waals surface area contributed by atoms with E-state index in [9.17, 15) is 8.42 Å². The number of aliphatic hydroxyl groups is 1. The van der Waals surface area contributed by atoms with Gasteiger partial charge in [0, 0.05) is 6.54 Å². The highest BCUT2D eigenvalue weighted by Gasteiger charge is 2.11. The molecule has 4 nitrogen and oxygen atoms in total. The van der Waals surface area contributed by atoms with Gasteiger partial charge >= 0.3 is 0 Å². The van der Waals surface area contributed by atoms with Gasteiger partial charge in [-0.15, -0.1) is 0 Å². The first-order chi connectivity index (χ1) is 8.56. The third-order valence-electron chi connectivity index (χ3n) is 2.44. The number of hydrogen-bond acceptors (Lipinski definition) is 3. The zero-order valence-electron chi connectivity index (χ0n) is 10.5. The molecule has 0 amide bonds. The van der Waals surface area contributed by atoms with Crippen molar-refractivity contribution >= 4 is 10.0 Å². The molecule has 1 rings (SSSR count). The largest absolute Gasteiger partial charge is 0.392 e. The van der Waals surface area contributed by atoms with Crippen molar-refractivity contribution in [1.29, 1.82) is 0 Å². The van der Waals surface area contributed by atoms with Gasteiger partial charge in [0.1, 0.15) is 0 Å². The number of sulfonamides is 1. The van der Waals surface area contributed by atoms with Crippen molar-refractivity contribution in [1.82, 2.24) is 4.72 Å². The van der Waals surface area contributed by atoms with Crippen LogP contribution < -0.4 is 4.72 Å². The smallest absolute Gasteiger partial charge is 0.240 e. The van der Waals surface area contributed by atoms with Gasteiger partial charge in [-0.05, 0) is 31.9 Å². The van der Waals surface area contributed by atoms with Crippen LogP contribution in [0.5, 0.6) is 0 Å². The van der Waals surface area contributed by atoms with Gasteiger partial charge in [0.2, 0.25) is 10.0 Å². The number of unbranched alkanes of at least 4 members (excludes halogenated alkanes) is 1. The van der Waals surface area contributed by atoms with Crippen LogP contribution in [-0.4, -0.2) is 26.7 Å². The number of allylic oxidation sites excluding steroid dienone is 1. The highest BCUT2D eigenvalue weighted by Crippen LogP contribution is 2.09. The zero-order valence-corrected chi connectivity index (χ0v) is 11.3. The lowest BCUT2D eigenvalue weighted by atomic mass is 10.2. The van der Waals surface area contributed by atoms with Crippen LogP contribution in [0.25, 0.3) is 0 Å². The van der Waals surface area contributed by atoms with Crippen LogP contribution in [0.15, 0.2) is 41.3 Å². The third-order valence-corrected chi connectivity index (χ3v) is 3.92. The van der Waals surface area contributed by atoms with Gasteiger partial charge in [-0.3, -0.25) is 0 Å². The Morgan fingerprint density at radius 1 is 1.22 bits per heavy atom. The Labute approximate surface area is 108 Å². The summed E-state index contributed by atoms with van der Waals surface area (Å²) in [6.45, 7) is 2.33. The van der Waals surface area contributed by atoms with Crippen LogP contribution >= 0.6 is 0 Å². The lowest BCUT2D eigenvalue weighted by molar-refractivity contribution is 0.342. The molecular weight excluding hydrogens is 250 g/mol. The van der Waals surface area contributed by atoms with Crippen LogP contribution in [0, 0.1) is 6.92 Å². The molecule has 0 aromatic heterocycles. The number of aryl methyl sites for hydroxylation is 1. The van der Waals surface area contributed by atoms with Gasteiger partial charge in [0.25, 0.3) is 0 Å². The predicted octanol–water partition coefficient (Wildman–Crippen LogP) is 1.60. The Bertz CT molecular complexity index is 477. The average Bonchev–Trinajstić information content (AvgIpc) is 2.34.